The molecule has 0 spiro atoms. The van der Waals surface area contributed by atoms with Crippen LogP contribution in [0.5, 0.6) is 0 Å². The van der Waals surface area contributed by atoms with Gasteiger partial charge in [0.2, 0.25) is 0 Å². The van der Waals surface area contributed by atoms with E-state index in [4.69, 9.17) is 0 Å². The molecule has 2 aromatic carbocycles. The highest BCUT2D eigenvalue weighted by molar-refractivity contribution is 7.14. The molecule has 0 atom stereocenters. The number of thiazole rings is 1. The van der Waals surface area contributed by atoms with Gasteiger partial charge in [0.05, 0.1) is 23.3 Å². The van der Waals surface area contributed by atoms with E-state index in [2.05, 4.69) is 15.0 Å². The first-order valence-corrected chi connectivity index (χ1v) is 8.10. The highest BCUT2D eigenvalue weighted by atomic mass is 32.1. The summed E-state index contributed by atoms with van der Waals surface area (Å²) < 4.78 is 4.66. The maximum absolute atomic E-state index is 11.4. The fourth-order valence-electron chi connectivity index (χ4n) is 2.17. The normalized spacial score (nSPS) is 10.3. The van der Waals surface area contributed by atoms with Crippen molar-refractivity contribution in [2.75, 3.05) is 12.4 Å². The van der Waals surface area contributed by atoms with Gasteiger partial charge in [0.25, 0.3) is 5.69 Å². The SMILES string of the molecule is COC(=O)c1ccc(Nc2nc(-c3cccc([N+](=O)[O-])c3)cs2)cc1. The van der Waals surface area contributed by atoms with Gasteiger partial charge in [-0.1, -0.05) is 12.1 Å². The lowest BCUT2D eigenvalue weighted by molar-refractivity contribution is -0.384. The Labute approximate surface area is 147 Å². The molecule has 0 fully saturated rings. The van der Waals surface area contributed by atoms with Crippen LogP contribution in [0.25, 0.3) is 11.3 Å². The fourth-order valence-corrected chi connectivity index (χ4v) is 2.91. The summed E-state index contributed by atoms with van der Waals surface area (Å²) in [5.41, 5.74) is 2.59. The minimum Gasteiger partial charge on any atom is -0.465 e. The van der Waals surface area contributed by atoms with Crippen LogP contribution in [-0.2, 0) is 4.74 Å². The van der Waals surface area contributed by atoms with Crippen LogP contribution in [0, 0.1) is 10.1 Å². The zero-order valence-corrected chi connectivity index (χ0v) is 13.9. The van der Waals surface area contributed by atoms with Crippen LogP contribution in [0.1, 0.15) is 10.4 Å². The Kier molecular flexibility index (Phi) is 4.71. The zero-order chi connectivity index (χ0) is 17.8. The second-order valence-corrected chi connectivity index (χ2v) is 5.90. The van der Waals surface area contributed by atoms with Crippen molar-refractivity contribution in [3.8, 4) is 11.3 Å². The maximum atomic E-state index is 11.4. The molecule has 1 heterocycles. The van der Waals surface area contributed by atoms with Gasteiger partial charge in [0.15, 0.2) is 5.13 Å². The van der Waals surface area contributed by atoms with E-state index in [1.54, 1.807) is 36.4 Å². The molecular formula is C17H13N3O4S. The van der Waals surface area contributed by atoms with Crippen molar-refractivity contribution in [1.29, 1.82) is 0 Å². The number of methoxy groups -OCH3 is 1. The van der Waals surface area contributed by atoms with Crippen molar-refractivity contribution in [1.82, 2.24) is 4.98 Å². The molecule has 3 aromatic rings. The summed E-state index contributed by atoms with van der Waals surface area (Å²) in [5.74, 6) is -0.395. The molecule has 0 aliphatic carbocycles. The number of carbonyl (C=O) groups is 1. The summed E-state index contributed by atoms with van der Waals surface area (Å²) in [5, 5.41) is 16.5. The molecule has 0 aliphatic rings. The first kappa shape index (κ1) is 16.6. The Morgan fingerprint density at radius 3 is 2.68 bits per heavy atom. The van der Waals surface area contributed by atoms with Crippen LogP contribution < -0.4 is 5.32 Å². The Hall–Kier alpha value is -3.26. The second-order valence-electron chi connectivity index (χ2n) is 5.04. The van der Waals surface area contributed by atoms with E-state index in [9.17, 15) is 14.9 Å². The highest BCUT2D eigenvalue weighted by Gasteiger charge is 2.10. The molecule has 126 valence electrons. The van der Waals surface area contributed by atoms with Crippen LogP contribution in [0.4, 0.5) is 16.5 Å². The molecule has 0 saturated carbocycles. The Balaban J connectivity index is 1.77. The van der Waals surface area contributed by atoms with Crippen LogP contribution in [0.3, 0.4) is 0 Å². The molecule has 1 N–H and O–H groups in total. The largest absolute Gasteiger partial charge is 0.465 e. The lowest BCUT2D eigenvalue weighted by Gasteiger charge is -2.04. The predicted molar refractivity (Wildman–Crippen MR) is 95.3 cm³/mol. The van der Waals surface area contributed by atoms with Gasteiger partial charge < -0.3 is 10.1 Å². The van der Waals surface area contributed by atoms with Gasteiger partial charge >= 0.3 is 5.97 Å². The van der Waals surface area contributed by atoms with E-state index >= 15 is 0 Å². The zero-order valence-electron chi connectivity index (χ0n) is 13.1. The number of nitrogens with one attached hydrogen (secondary N) is 1. The average molecular weight is 355 g/mol. The van der Waals surface area contributed by atoms with E-state index in [0.29, 0.717) is 22.0 Å². The number of esters is 1. The number of aromatic nitrogens is 1. The molecule has 7 nitrogen and oxygen atoms in total. The number of non-ortho nitro benzene ring substituents is 1. The Morgan fingerprint density at radius 1 is 1.24 bits per heavy atom. The third-order valence-electron chi connectivity index (χ3n) is 3.41. The number of nitrogens with zero attached hydrogens (tertiary/aromatic N) is 2. The molecule has 0 unspecified atom stereocenters. The van der Waals surface area contributed by atoms with Crippen molar-refractivity contribution in [3.05, 3.63) is 69.6 Å². The number of anilines is 2. The summed E-state index contributed by atoms with van der Waals surface area (Å²) in [6.45, 7) is 0. The van der Waals surface area contributed by atoms with Crippen LogP contribution >= 0.6 is 11.3 Å². The van der Waals surface area contributed by atoms with Crippen molar-refractivity contribution < 1.29 is 14.5 Å². The van der Waals surface area contributed by atoms with Gasteiger partial charge in [-0.3, -0.25) is 10.1 Å². The number of hydrogen-bond acceptors (Lipinski definition) is 7. The average Bonchev–Trinajstić information content (AvgIpc) is 3.10. The lowest BCUT2D eigenvalue weighted by atomic mass is 10.1. The van der Waals surface area contributed by atoms with Crippen LogP contribution in [0.2, 0.25) is 0 Å². The molecule has 25 heavy (non-hydrogen) atoms. The van der Waals surface area contributed by atoms with E-state index in [1.165, 1.54) is 30.6 Å². The Morgan fingerprint density at radius 2 is 2.00 bits per heavy atom. The summed E-state index contributed by atoms with van der Waals surface area (Å²) in [7, 11) is 1.33. The third-order valence-corrected chi connectivity index (χ3v) is 4.17. The fraction of sp³-hybridized carbons (Fsp3) is 0.0588. The number of nitro groups is 1. The maximum Gasteiger partial charge on any atom is 0.337 e. The molecule has 0 amide bonds. The molecule has 0 saturated heterocycles. The number of benzene rings is 2. The minimum atomic E-state index is -0.433. The van der Waals surface area contributed by atoms with Crippen LogP contribution in [0.15, 0.2) is 53.9 Å². The molecule has 0 radical (unpaired) electrons. The first-order valence-electron chi connectivity index (χ1n) is 7.22. The van der Waals surface area contributed by atoms with E-state index in [0.717, 1.165) is 5.69 Å². The number of nitro benzene ring substituents is 1. The van der Waals surface area contributed by atoms with Gasteiger partial charge in [0.1, 0.15) is 0 Å². The van der Waals surface area contributed by atoms with E-state index in [-0.39, 0.29) is 5.69 Å². The predicted octanol–water partition coefficient (Wildman–Crippen LogP) is 4.25. The second kappa shape index (κ2) is 7.10. The quantitative estimate of drug-likeness (QED) is 0.418. The summed E-state index contributed by atoms with van der Waals surface area (Å²) in [6.07, 6.45) is 0. The van der Waals surface area contributed by atoms with Gasteiger partial charge in [-0.25, -0.2) is 9.78 Å². The lowest BCUT2D eigenvalue weighted by Crippen LogP contribution is -2.00. The van der Waals surface area contributed by atoms with Gasteiger partial charge in [0, 0.05) is 28.8 Å². The number of hydrogen-bond donors (Lipinski definition) is 1. The smallest absolute Gasteiger partial charge is 0.337 e. The Bertz CT molecular complexity index is 922. The summed E-state index contributed by atoms with van der Waals surface area (Å²) in [4.78, 5) is 26.3. The summed E-state index contributed by atoms with van der Waals surface area (Å²) >= 11 is 1.38. The van der Waals surface area contributed by atoms with Crippen molar-refractivity contribution >= 4 is 33.8 Å². The van der Waals surface area contributed by atoms with Crippen molar-refractivity contribution in [2.24, 2.45) is 0 Å². The molecule has 0 aliphatic heterocycles. The third kappa shape index (κ3) is 3.81. The highest BCUT2D eigenvalue weighted by Crippen LogP contribution is 2.29. The monoisotopic (exact) mass is 355 g/mol. The summed E-state index contributed by atoms with van der Waals surface area (Å²) in [6, 6.07) is 13.2. The molecule has 8 heteroatoms. The number of ether oxygens (including phenoxy) is 1. The molecule has 1 aromatic heterocycles. The molecule has 3 rings (SSSR count). The number of carbonyl (C=O) groups excluding carboxylic acids is 1. The van der Waals surface area contributed by atoms with Gasteiger partial charge in [-0.15, -0.1) is 11.3 Å². The standard InChI is InChI=1S/C17H13N3O4S/c1-24-16(21)11-5-7-13(8-6-11)18-17-19-15(10-25-17)12-3-2-4-14(9-12)20(22)23/h2-10H,1H3,(H,18,19). The van der Waals surface area contributed by atoms with Crippen LogP contribution in [-0.4, -0.2) is 23.0 Å². The minimum absolute atomic E-state index is 0.0263. The van der Waals surface area contributed by atoms with E-state index < -0.39 is 10.9 Å². The molecule has 0 bridgehead atoms. The number of rotatable bonds is 5. The van der Waals surface area contributed by atoms with E-state index in [1.807, 2.05) is 5.38 Å². The van der Waals surface area contributed by atoms with Gasteiger partial charge in [-0.2, -0.15) is 0 Å². The first-order chi connectivity index (χ1) is 12.1. The van der Waals surface area contributed by atoms with Gasteiger partial charge in [-0.05, 0) is 24.3 Å². The van der Waals surface area contributed by atoms with Crippen molar-refractivity contribution in [3.63, 3.8) is 0 Å². The van der Waals surface area contributed by atoms with Crippen molar-refractivity contribution in [2.45, 2.75) is 0 Å². The molecular weight excluding hydrogens is 342 g/mol. The topological polar surface area (TPSA) is 94.4 Å².